The molecule has 0 spiro atoms. The number of carbonyl (C=O) groups is 2. The van der Waals surface area contributed by atoms with Gasteiger partial charge in [-0.25, -0.2) is 8.78 Å². The highest BCUT2D eigenvalue weighted by Gasteiger charge is 2.44. The van der Waals surface area contributed by atoms with E-state index < -0.39 is 17.6 Å². The van der Waals surface area contributed by atoms with Crippen LogP contribution < -0.4 is 0 Å². The van der Waals surface area contributed by atoms with Crippen LogP contribution in [0.5, 0.6) is 0 Å². The van der Waals surface area contributed by atoms with Crippen LogP contribution in [-0.4, -0.2) is 88.5 Å². The summed E-state index contributed by atoms with van der Waals surface area (Å²) in [6, 6.07) is -0.423. The van der Waals surface area contributed by atoms with Crippen molar-refractivity contribution >= 4 is 11.8 Å². The Bertz CT molecular complexity index is 535. The van der Waals surface area contributed by atoms with E-state index in [0.29, 0.717) is 32.5 Å². The largest absolute Gasteiger partial charge is 0.387 e. The normalized spacial score (nSPS) is 33.0. The van der Waals surface area contributed by atoms with Crippen LogP contribution in [0.4, 0.5) is 8.78 Å². The second-order valence-corrected chi connectivity index (χ2v) is 7.74. The molecule has 3 aliphatic heterocycles. The fourth-order valence-electron chi connectivity index (χ4n) is 4.24. The number of aliphatic hydroxyl groups is 1. The minimum absolute atomic E-state index is 0.0976. The number of likely N-dealkylation sites (tertiary alicyclic amines) is 3. The third-order valence-corrected chi connectivity index (χ3v) is 5.69. The van der Waals surface area contributed by atoms with Gasteiger partial charge in [0.05, 0.1) is 12.1 Å². The van der Waals surface area contributed by atoms with Crippen molar-refractivity contribution in [2.24, 2.45) is 0 Å². The Balaban J connectivity index is 1.55. The number of rotatable bonds is 3. The first kappa shape index (κ1) is 18.5. The third-order valence-electron chi connectivity index (χ3n) is 5.69. The van der Waals surface area contributed by atoms with Crippen LogP contribution in [0.1, 0.15) is 39.0 Å². The maximum absolute atomic E-state index is 13.3. The van der Waals surface area contributed by atoms with Crippen molar-refractivity contribution in [3.8, 4) is 0 Å². The lowest BCUT2D eigenvalue weighted by Crippen LogP contribution is -2.51. The molecule has 142 valence electrons. The zero-order chi connectivity index (χ0) is 18.2. The monoisotopic (exact) mass is 359 g/mol. The molecule has 3 saturated heterocycles. The van der Waals surface area contributed by atoms with Gasteiger partial charge in [-0.2, -0.15) is 0 Å². The minimum atomic E-state index is -2.60. The molecule has 0 aliphatic carbocycles. The van der Waals surface area contributed by atoms with Crippen molar-refractivity contribution < 1.29 is 23.5 Å². The molecule has 3 heterocycles. The summed E-state index contributed by atoms with van der Waals surface area (Å²) < 4.78 is 26.5. The van der Waals surface area contributed by atoms with Crippen LogP contribution in [0.3, 0.4) is 0 Å². The van der Waals surface area contributed by atoms with Gasteiger partial charge in [-0.15, -0.1) is 0 Å². The molecule has 2 amide bonds. The lowest BCUT2D eigenvalue weighted by molar-refractivity contribution is -0.142. The summed E-state index contributed by atoms with van der Waals surface area (Å²) in [6.07, 6.45) is 1.56. The zero-order valence-electron chi connectivity index (χ0n) is 14.7. The average molecular weight is 359 g/mol. The zero-order valence-corrected chi connectivity index (χ0v) is 14.7. The van der Waals surface area contributed by atoms with Gasteiger partial charge in [-0.05, 0) is 19.3 Å². The number of hydrogen-bond donors (Lipinski definition) is 1. The third kappa shape index (κ3) is 4.11. The first-order valence-electron chi connectivity index (χ1n) is 9.08. The average Bonchev–Trinajstić information content (AvgIpc) is 3.16. The van der Waals surface area contributed by atoms with Crippen LogP contribution in [0.15, 0.2) is 0 Å². The van der Waals surface area contributed by atoms with Gasteiger partial charge in [0, 0.05) is 52.5 Å². The smallest absolute Gasteiger partial charge is 0.250 e. The summed E-state index contributed by atoms with van der Waals surface area (Å²) in [7, 11) is 0. The first-order valence-corrected chi connectivity index (χ1v) is 9.08. The van der Waals surface area contributed by atoms with Gasteiger partial charge >= 0.3 is 0 Å². The first-order chi connectivity index (χ1) is 11.7. The van der Waals surface area contributed by atoms with Crippen LogP contribution in [-0.2, 0) is 9.59 Å². The molecule has 3 aliphatic rings. The van der Waals surface area contributed by atoms with Crippen molar-refractivity contribution in [3.63, 3.8) is 0 Å². The summed E-state index contributed by atoms with van der Waals surface area (Å²) in [5.74, 6) is -2.80. The SMILES string of the molecule is CC(=O)N1CCC[C@@H]1C(=O)N1CC[C@@](O)(CN2CCC(F)(F)CC2)C1. The Morgan fingerprint density at radius 2 is 1.80 bits per heavy atom. The Labute approximate surface area is 146 Å². The molecular formula is C17H27F2N3O3. The number of hydrogen-bond acceptors (Lipinski definition) is 4. The highest BCUT2D eigenvalue weighted by Crippen LogP contribution is 2.31. The molecule has 8 heteroatoms. The molecule has 0 aromatic rings. The summed E-state index contributed by atoms with van der Waals surface area (Å²) in [5, 5.41) is 10.8. The Hall–Kier alpha value is -1.28. The van der Waals surface area contributed by atoms with Crippen molar-refractivity contribution in [1.29, 1.82) is 0 Å². The molecule has 0 radical (unpaired) electrons. The standard InChI is InChI=1S/C17H27F2N3O3/c1-13(23)22-7-2-3-14(22)15(24)21-10-4-16(25,12-21)11-20-8-5-17(18,19)6-9-20/h14,25H,2-12H2,1H3/t14-,16-/m1/s1. The van der Waals surface area contributed by atoms with Gasteiger partial charge < -0.3 is 14.9 Å². The molecule has 2 atom stereocenters. The van der Waals surface area contributed by atoms with Crippen LogP contribution >= 0.6 is 0 Å². The van der Waals surface area contributed by atoms with Gasteiger partial charge in [0.2, 0.25) is 11.8 Å². The van der Waals surface area contributed by atoms with Gasteiger partial charge in [0.1, 0.15) is 6.04 Å². The molecular weight excluding hydrogens is 332 g/mol. The summed E-state index contributed by atoms with van der Waals surface area (Å²) >= 11 is 0. The van der Waals surface area contributed by atoms with Gasteiger partial charge in [0.25, 0.3) is 5.92 Å². The number of nitrogens with zero attached hydrogens (tertiary/aromatic N) is 3. The lowest BCUT2D eigenvalue weighted by atomic mass is 10.00. The van der Waals surface area contributed by atoms with Crippen molar-refractivity contribution in [2.75, 3.05) is 39.3 Å². The number of piperidine rings is 1. The van der Waals surface area contributed by atoms with Crippen molar-refractivity contribution in [3.05, 3.63) is 0 Å². The molecule has 0 bridgehead atoms. The van der Waals surface area contributed by atoms with E-state index in [1.54, 1.807) is 9.80 Å². The fraction of sp³-hybridized carbons (Fsp3) is 0.882. The predicted molar refractivity (Wildman–Crippen MR) is 87.2 cm³/mol. The number of carbonyl (C=O) groups excluding carboxylic acids is 2. The van der Waals surface area contributed by atoms with Crippen molar-refractivity contribution in [1.82, 2.24) is 14.7 Å². The lowest BCUT2D eigenvalue weighted by Gasteiger charge is -2.36. The van der Waals surface area contributed by atoms with Crippen molar-refractivity contribution in [2.45, 2.75) is 56.6 Å². The molecule has 0 aromatic heterocycles. The minimum Gasteiger partial charge on any atom is -0.387 e. The molecule has 1 N–H and O–H groups in total. The number of halogens is 2. The van der Waals surface area contributed by atoms with E-state index in [1.807, 2.05) is 4.90 Å². The second kappa shape index (κ2) is 6.79. The number of β-amino-alcohol motifs (C(OH)–C–C–N with tert-alkyl or cyclic N) is 1. The Morgan fingerprint density at radius 3 is 2.44 bits per heavy atom. The maximum Gasteiger partial charge on any atom is 0.250 e. The topological polar surface area (TPSA) is 64.1 Å². The van der Waals surface area contributed by atoms with E-state index in [0.717, 1.165) is 6.42 Å². The molecule has 0 aromatic carbocycles. The molecule has 0 saturated carbocycles. The molecule has 6 nitrogen and oxygen atoms in total. The molecule has 0 unspecified atom stereocenters. The van der Waals surface area contributed by atoms with Gasteiger partial charge in [-0.3, -0.25) is 14.5 Å². The quantitative estimate of drug-likeness (QED) is 0.805. The predicted octanol–water partition coefficient (Wildman–Crippen LogP) is 0.692. The second-order valence-electron chi connectivity index (χ2n) is 7.74. The van der Waals surface area contributed by atoms with E-state index in [-0.39, 0.29) is 44.3 Å². The molecule has 3 rings (SSSR count). The Kier molecular flexibility index (Phi) is 5.03. The number of amides is 2. The number of alkyl halides is 2. The summed E-state index contributed by atoms with van der Waals surface area (Å²) in [6.45, 7) is 3.58. The van der Waals surface area contributed by atoms with Crippen LogP contribution in [0.25, 0.3) is 0 Å². The van der Waals surface area contributed by atoms with E-state index in [9.17, 15) is 23.5 Å². The van der Waals surface area contributed by atoms with E-state index in [4.69, 9.17) is 0 Å². The van der Waals surface area contributed by atoms with Gasteiger partial charge in [0.15, 0.2) is 0 Å². The maximum atomic E-state index is 13.3. The summed E-state index contributed by atoms with van der Waals surface area (Å²) in [4.78, 5) is 29.5. The highest BCUT2D eigenvalue weighted by molar-refractivity contribution is 5.87. The van der Waals surface area contributed by atoms with E-state index in [1.165, 1.54) is 6.92 Å². The van der Waals surface area contributed by atoms with Gasteiger partial charge in [-0.1, -0.05) is 0 Å². The molecule has 3 fully saturated rings. The Morgan fingerprint density at radius 1 is 1.12 bits per heavy atom. The van der Waals surface area contributed by atoms with Crippen LogP contribution in [0.2, 0.25) is 0 Å². The fourth-order valence-corrected chi connectivity index (χ4v) is 4.24. The molecule has 25 heavy (non-hydrogen) atoms. The van der Waals surface area contributed by atoms with E-state index >= 15 is 0 Å². The van der Waals surface area contributed by atoms with E-state index in [2.05, 4.69) is 0 Å². The van der Waals surface area contributed by atoms with Crippen LogP contribution in [0, 0.1) is 0 Å². The highest BCUT2D eigenvalue weighted by atomic mass is 19.3. The summed E-state index contributed by atoms with van der Waals surface area (Å²) in [5.41, 5.74) is -1.05.